The van der Waals surface area contributed by atoms with E-state index >= 15 is 0 Å². The Bertz CT molecular complexity index is 939. The number of carbonyl (C=O) groups is 2. The molecule has 0 radical (unpaired) electrons. The number of nitrogens with two attached hydrogens (primary N) is 1. The molecule has 0 bridgehead atoms. The Balaban J connectivity index is 1.95. The monoisotopic (exact) mass is 383 g/mol. The van der Waals surface area contributed by atoms with Crippen LogP contribution in [0, 0.1) is 18.3 Å². The standard InChI is InChI=1S/C18H21N7O3/c1-12-10-13(2-7-21-12)22-16-14(15(20)26)11-25(23-16)18(3-6-19)4-8-24(9-5-18)17(27)28/h2,7,10-11H,3-5,8-9H2,1H3,(H2,20,26)(H,27,28)(H,21,22,23). The number of aromatic nitrogens is 3. The molecule has 1 saturated heterocycles. The molecule has 0 aliphatic carbocycles. The lowest BCUT2D eigenvalue weighted by Gasteiger charge is -2.39. The van der Waals surface area contributed by atoms with Crippen molar-refractivity contribution in [3.63, 3.8) is 0 Å². The number of pyridine rings is 1. The molecule has 1 aliphatic rings. The number of aryl methyl sites for hydroxylation is 1. The highest BCUT2D eigenvalue weighted by Crippen LogP contribution is 2.35. The molecular formula is C18H21N7O3. The quantitative estimate of drug-likeness (QED) is 0.712. The second-order valence-corrected chi connectivity index (χ2v) is 6.84. The Kier molecular flexibility index (Phi) is 5.17. The summed E-state index contributed by atoms with van der Waals surface area (Å²) in [4.78, 5) is 28.6. The zero-order valence-corrected chi connectivity index (χ0v) is 15.4. The first kappa shape index (κ1) is 19.2. The van der Waals surface area contributed by atoms with E-state index in [9.17, 15) is 20.0 Å². The van der Waals surface area contributed by atoms with Crippen molar-refractivity contribution in [1.82, 2.24) is 19.7 Å². The minimum Gasteiger partial charge on any atom is -0.465 e. The molecule has 1 fully saturated rings. The summed E-state index contributed by atoms with van der Waals surface area (Å²) in [6.07, 6.45) is 3.17. The first-order chi connectivity index (χ1) is 13.3. The largest absolute Gasteiger partial charge is 0.465 e. The van der Waals surface area contributed by atoms with Gasteiger partial charge in [0, 0.05) is 36.9 Å². The minimum absolute atomic E-state index is 0.147. The van der Waals surface area contributed by atoms with Gasteiger partial charge >= 0.3 is 6.09 Å². The summed E-state index contributed by atoms with van der Waals surface area (Å²) in [6, 6.07) is 5.71. The number of carbonyl (C=O) groups excluding carboxylic acids is 1. The maximum atomic E-state index is 11.9. The number of rotatable bonds is 5. The first-order valence-corrected chi connectivity index (χ1v) is 8.79. The number of nitrogens with zero attached hydrogens (tertiary/aromatic N) is 5. The van der Waals surface area contributed by atoms with E-state index in [1.54, 1.807) is 23.0 Å². The Labute approximate surface area is 161 Å². The molecule has 0 aromatic carbocycles. The summed E-state index contributed by atoms with van der Waals surface area (Å²) in [7, 11) is 0. The average Bonchev–Trinajstić information content (AvgIpc) is 3.07. The van der Waals surface area contributed by atoms with E-state index < -0.39 is 17.5 Å². The van der Waals surface area contributed by atoms with Gasteiger partial charge in [-0.1, -0.05) is 0 Å². The summed E-state index contributed by atoms with van der Waals surface area (Å²) in [6.45, 7) is 2.42. The van der Waals surface area contributed by atoms with Gasteiger partial charge in [-0.3, -0.25) is 14.5 Å². The Morgan fingerprint density at radius 2 is 2.14 bits per heavy atom. The summed E-state index contributed by atoms with van der Waals surface area (Å²) < 4.78 is 1.59. The van der Waals surface area contributed by atoms with Crippen LogP contribution in [0.25, 0.3) is 0 Å². The third-order valence-electron chi connectivity index (χ3n) is 5.00. The van der Waals surface area contributed by atoms with Crippen LogP contribution >= 0.6 is 0 Å². The number of carboxylic acid groups (broad SMARTS) is 1. The first-order valence-electron chi connectivity index (χ1n) is 8.79. The molecule has 0 atom stereocenters. The number of primary amides is 1. The van der Waals surface area contributed by atoms with Crippen molar-refractivity contribution in [2.75, 3.05) is 18.4 Å². The van der Waals surface area contributed by atoms with Gasteiger partial charge in [0.15, 0.2) is 5.82 Å². The fourth-order valence-corrected chi connectivity index (χ4v) is 3.40. The number of anilines is 2. The fraction of sp³-hybridized carbons (Fsp3) is 0.389. The highest BCUT2D eigenvalue weighted by molar-refractivity contribution is 5.98. The SMILES string of the molecule is Cc1cc(Nc2nn(C3(CC#N)CCN(C(=O)O)CC3)cc2C(N)=O)ccn1. The molecule has 4 N–H and O–H groups in total. The number of hydrogen-bond acceptors (Lipinski definition) is 6. The van der Waals surface area contributed by atoms with Crippen LogP contribution in [0.5, 0.6) is 0 Å². The van der Waals surface area contributed by atoms with Crippen LogP contribution in [0.15, 0.2) is 24.5 Å². The number of piperidine rings is 1. The van der Waals surface area contributed by atoms with Gasteiger partial charge in [0.1, 0.15) is 5.56 Å². The summed E-state index contributed by atoms with van der Waals surface area (Å²) in [5.41, 5.74) is 6.53. The van der Waals surface area contributed by atoms with Gasteiger partial charge in [-0.15, -0.1) is 0 Å². The summed E-state index contributed by atoms with van der Waals surface area (Å²) in [5, 5.41) is 26.1. The number of hydrogen-bond donors (Lipinski definition) is 3. The highest BCUT2D eigenvalue weighted by atomic mass is 16.4. The Hall–Kier alpha value is -3.61. The van der Waals surface area contributed by atoms with E-state index in [0.29, 0.717) is 18.5 Å². The van der Waals surface area contributed by atoms with E-state index in [2.05, 4.69) is 21.5 Å². The zero-order chi connectivity index (χ0) is 20.3. The molecule has 1 aliphatic heterocycles. The number of likely N-dealkylation sites (tertiary alicyclic amines) is 1. The van der Waals surface area contributed by atoms with Gasteiger partial charge in [-0.25, -0.2) is 4.79 Å². The molecule has 2 amide bonds. The second kappa shape index (κ2) is 7.56. The topological polar surface area (TPSA) is 150 Å². The van der Waals surface area contributed by atoms with Crippen LogP contribution in [0.3, 0.4) is 0 Å². The molecule has 3 rings (SSSR count). The lowest BCUT2D eigenvalue weighted by molar-refractivity contribution is 0.0888. The minimum atomic E-state index is -0.987. The molecule has 10 heteroatoms. The lowest BCUT2D eigenvalue weighted by atomic mass is 9.85. The van der Waals surface area contributed by atoms with E-state index in [1.165, 1.54) is 11.1 Å². The van der Waals surface area contributed by atoms with Crippen LogP contribution < -0.4 is 11.1 Å². The van der Waals surface area contributed by atoms with Crippen LogP contribution in [0.4, 0.5) is 16.3 Å². The van der Waals surface area contributed by atoms with Crippen molar-refractivity contribution in [1.29, 1.82) is 5.26 Å². The predicted octanol–water partition coefficient (Wildman–Crippen LogP) is 1.81. The van der Waals surface area contributed by atoms with Crippen molar-refractivity contribution >= 4 is 23.5 Å². The molecule has 3 heterocycles. The summed E-state index contributed by atoms with van der Waals surface area (Å²) >= 11 is 0. The third kappa shape index (κ3) is 3.73. The molecule has 2 aromatic heterocycles. The van der Waals surface area contributed by atoms with Crippen LogP contribution in [0.2, 0.25) is 0 Å². The Morgan fingerprint density at radius 1 is 1.43 bits per heavy atom. The number of nitrogens with one attached hydrogen (secondary N) is 1. The normalized spacial score (nSPS) is 15.6. The maximum absolute atomic E-state index is 11.9. The molecule has 146 valence electrons. The average molecular weight is 383 g/mol. The van der Waals surface area contributed by atoms with Gasteiger partial charge in [0.05, 0.1) is 18.0 Å². The van der Waals surface area contributed by atoms with Gasteiger partial charge in [-0.2, -0.15) is 10.4 Å². The van der Waals surface area contributed by atoms with Gasteiger partial charge in [0.25, 0.3) is 5.91 Å². The lowest BCUT2D eigenvalue weighted by Crippen LogP contribution is -2.47. The molecular weight excluding hydrogens is 362 g/mol. The Morgan fingerprint density at radius 3 is 2.71 bits per heavy atom. The van der Waals surface area contributed by atoms with E-state index in [0.717, 1.165) is 5.69 Å². The molecule has 28 heavy (non-hydrogen) atoms. The van der Waals surface area contributed by atoms with Crippen molar-refractivity contribution < 1.29 is 14.7 Å². The number of nitriles is 1. The van der Waals surface area contributed by atoms with Gasteiger partial charge in [0.2, 0.25) is 0 Å². The van der Waals surface area contributed by atoms with E-state index in [4.69, 9.17) is 5.73 Å². The van der Waals surface area contributed by atoms with Crippen molar-refractivity contribution in [2.45, 2.75) is 31.7 Å². The maximum Gasteiger partial charge on any atom is 0.407 e. The van der Waals surface area contributed by atoms with Gasteiger partial charge in [-0.05, 0) is 31.9 Å². The van der Waals surface area contributed by atoms with Crippen molar-refractivity contribution in [3.8, 4) is 6.07 Å². The third-order valence-corrected chi connectivity index (χ3v) is 5.00. The second-order valence-electron chi connectivity index (χ2n) is 6.84. The van der Waals surface area contributed by atoms with E-state index in [-0.39, 0.29) is 30.9 Å². The summed E-state index contributed by atoms with van der Waals surface area (Å²) in [5.74, 6) is -0.356. The fourth-order valence-electron chi connectivity index (χ4n) is 3.40. The van der Waals surface area contributed by atoms with Crippen LogP contribution in [-0.2, 0) is 5.54 Å². The smallest absolute Gasteiger partial charge is 0.407 e. The van der Waals surface area contributed by atoms with Crippen LogP contribution in [-0.4, -0.2) is 49.9 Å². The predicted molar refractivity (Wildman–Crippen MR) is 100 cm³/mol. The molecule has 0 unspecified atom stereocenters. The van der Waals surface area contributed by atoms with Gasteiger partial charge < -0.3 is 21.1 Å². The van der Waals surface area contributed by atoms with Crippen molar-refractivity contribution in [2.24, 2.45) is 5.73 Å². The zero-order valence-electron chi connectivity index (χ0n) is 15.4. The molecule has 0 saturated carbocycles. The van der Waals surface area contributed by atoms with Crippen molar-refractivity contribution in [3.05, 3.63) is 35.8 Å². The molecule has 10 nitrogen and oxygen atoms in total. The van der Waals surface area contributed by atoms with E-state index in [1.807, 2.05) is 6.92 Å². The molecule has 2 aromatic rings. The van der Waals surface area contributed by atoms with Crippen LogP contribution in [0.1, 0.15) is 35.3 Å². The highest BCUT2D eigenvalue weighted by Gasteiger charge is 2.39. The number of amides is 2. The molecule has 0 spiro atoms.